The summed E-state index contributed by atoms with van der Waals surface area (Å²) in [5.74, 6) is -0.184. The maximum absolute atomic E-state index is 13.1. The average molecular weight is 303 g/mol. The molecule has 0 radical (unpaired) electrons. The highest BCUT2D eigenvalue weighted by atomic mass is 19.1. The van der Waals surface area contributed by atoms with E-state index in [9.17, 15) is 4.39 Å². The molecule has 1 aromatic rings. The van der Waals surface area contributed by atoms with E-state index in [1.165, 1.54) is 17.8 Å². The topological polar surface area (TPSA) is 12.5 Å². The molecule has 1 aliphatic rings. The monoisotopic (exact) mass is 303 g/mol. The van der Waals surface area contributed by atoms with Crippen LogP contribution in [0.5, 0.6) is 0 Å². The van der Waals surface area contributed by atoms with Crippen LogP contribution in [0, 0.1) is 5.82 Å². The van der Waals surface area contributed by atoms with Gasteiger partial charge in [0.05, 0.1) is 5.60 Å². The number of hydrogen-bond acceptors (Lipinski definition) is 2. The zero-order valence-corrected chi connectivity index (χ0v) is 13.8. The molecule has 1 aliphatic carbocycles. The second-order valence-corrected chi connectivity index (χ2v) is 6.08. The molecule has 0 spiro atoms. The molecule has 3 heteroatoms. The van der Waals surface area contributed by atoms with Gasteiger partial charge < -0.3 is 9.64 Å². The Labute approximate surface area is 133 Å². The van der Waals surface area contributed by atoms with Gasteiger partial charge in [-0.1, -0.05) is 37.6 Å². The van der Waals surface area contributed by atoms with Gasteiger partial charge in [0.2, 0.25) is 0 Å². The largest absolute Gasteiger partial charge is 0.374 e. The summed E-state index contributed by atoms with van der Waals surface area (Å²) >= 11 is 0. The number of methoxy groups -OCH3 is 1. The Bertz CT molecular complexity index is 535. The van der Waals surface area contributed by atoms with Gasteiger partial charge in [-0.25, -0.2) is 4.39 Å². The second-order valence-electron chi connectivity index (χ2n) is 6.08. The van der Waals surface area contributed by atoms with Crippen molar-refractivity contribution in [2.45, 2.75) is 45.3 Å². The lowest BCUT2D eigenvalue weighted by atomic mass is 9.95. The summed E-state index contributed by atoms with van der Waals surface area (Å²) in [4.78, 5) is 2.36. The summed E-state index contributed by atoms with van der Waals surface area (Å²) in [6.45, 7) is 6.10. The quantitative estimate of drug-likeness (QED) is 0.725. The zero-order chi connectivity index (χ0) is 16.0. The molecule has 0 aliphatic heterocycles. The third-order valence-electron chi connectivity index (χ3n) is 4.22. The molecule has 0 fully saturated rings. The molecule has 2 rings (SSSR count). The van der Waals surface area contributed by atoms with Crippen LogP contribution in [0.2, 0.25) is 0 Å². The van der Waals surface area contributed by atoms with Crippen LogP contribution < -0.4 is 0 Å². The number of allylic oxidation sites excluding steroid dienone is 1. The molecule has 1 atom stereocenters. The standard InChI is InChI=1S/C19H26FNO/c1-4-5-14-21(15-16-6-8-17(20)9-7-16)18-10-12-19(2,22-3)13-11-18/h6-12H,4-5,13-15H2,1-3H3. The minimum atomic E-state index is -0.199. The molecule has 0 aromatic heterocycles. The predicted octanol–water partition coefficient (Wildman–Crippen LogP) is 4.68. The van der Waals surface area contributed by atoms with Gasteiger partial charge in [0.15, 0.2) is 0 Å². The highest BCUT2D eigenvalue weighted by Gasteiger charge is 2.23. The zero-order valence-electron chi connectivity index (χ0n) is 13.8. The highest BCUT2D eigenvalue weighted by molar-refractivity contribution is 5.28. The maximum atomic E-state index is 13.1. The summed E-state index contributed by atoms with van der Waals surface area (Å²) in [7, 11) is 1.75. The minimum Gasteiger partial charge on any atom is -0.374 e. The lowest BCUT2D eigenvalue weighted by Gasteiger charge is -2.32. The predicted molar refractivity (Wildman–Crippen MR) is 89.0 cm³/mol. The van der Waals surface area contributed by atoms with E-state index in [0.717, 1.165) is 37.9 Å². The van der Waals surface area contributed by atoms with Crippen LogP contribution in [0.15, 0.2) is 48.2 Å². The van der Waals surface area contributed by atoms with E-state index < -0.39 is 0 Å². The Balaban J connectivity index is 2.10. The number of hydrogen-bond donors (Lipinski definition) is 0. The number of halogens is 1. The Morgan fingerprint density at radius 1 is 1.27 bits per heavy atom. The van der Waals surface area contributed by atoms with Crippen molar-refractivity contribution in [3.63, 3.8) is 0 Å². The molecule has 0 amide bonds. The van der Waals surface area contributed by atoms with Gasteiger partial charge >= 0.3 is 0 Å². The van der Waals surface area contributed by atoms with E-state index in [0.29, 0.717) is 0 Å². The van der Waals surface area contributed by atoms with E-state index in [4.69, 9.17) is 4.74 Å². The Morgan fingerprint density at radius 2 is 2.00 bits per heavy atom. The molecule has 0 saturated heterocycles. The van der Waals surface area contributed by atoms with Gasteiger partial charge in [0.1, 0.15) is 5.82 Å². The highest BCUT2D eigenvalue weighted by Crippen LogP contribution is 2.26. The van der Waals surface area contributed by atoms with Gasteiger partial charge in [-0.05, 0) is 37.1 Å². The fraction of sp³-hybridized carbons (Fsp3) is 0.474. The number of nitrogens with zero attached hydrogens (tertiary/aromatic N) is 1. The van der Waals surface area contributed by atoms with Crippen molar-refractivity contribution in [2.75, 3.05) is 13.7 Å². The van der Waals surface area contributed by atoms with E-state index >= 15 is 0 Å². The maximum Gasteiger partial charge on any atom is 0.123 e. The van der Waals surface area contributed by atoms with Crippen molar-refractivity contribution in [1.82, 2.24) is 4.90 Å². The van der Waals surface area contributed by atoms with Crippen LogP contribution in [-0.4, -0.2) is 24.2 Å². The van der Waals surface area contributed by atoms with Crippen LogP contribution in [0.1, 0.15) is 38.7 Å². The SMILES string of the molecule is CCCCN(Cc1ccc(F)cc1)C1=CCC(C)(OC)C=C1. The van der Waals surface area contributed by atoms with Crippen molar-refractivity contribution in [1.29, 1.82) is 0 Å². The molecule has 120 valence electrons. The molecule has 0 saturated carbocycles. The van der Waals surface area contributed by atoms with Crippen molar-refractivity contribution >= 4 is 0 Å². The normalized spacial score (nSPS) is 20.8. The summed E-state index contributed by atoms with van der Waals surface area (Å²) < 4.78 is 18.6. The Kier molecular flexibility index (Phi) is 5.78. The van der Waals surface area contributed by atoms with Crippen molar-refractivity contribution < 1.29 is 9.13 Å². The number of rotatable bonds is 7. The molecule has 1 unspecified atom stereocenters. The summed E-state index contributed by atoms with van der Waals surface area (Å²) in [5.41, 5.74) is 2.16. The summed E-state index contributed by atoms with van der Waals surface area (Å²) in [6.07, 6.45) is 9.70. The second kappa shape index (κ2) is 7.59. The van der Waals surface area contributed by atoms with E-state index in [-0.39, 0.29) is 11.4 Å². The summed E-state index contributed by atoms with van der Waals surface area (Å²) in [5, 5.41) is 0. The first-order chi connectivity index (χ1) is 10.6. The van der Waals surface area contributed by atoms with Crippen molar-refractivity contribution in [3.8, 4) is 0 Å². The smallest absolute Gasteiger partial charge is 0.123 e. The fourth-order valence-corrected chi connectivity index (χ4v) is 2.55. The molecule has 0 heterocycles. The van der Waals surface area contributed by atoms with E-state index in [1.54, 1.807) is 7.11 Å². The molecule has 2 nitrogen and oxygen atoms in total. The molecular weight excluding hydrogens is 277 g/mol. The first kappa shape index (κ1) is 16.8. The number of benzene rings is 1. The molecule has 0 N–H and O–H groups in total. The number of unbranched alkanes of at least 4 members (excludes halogenated alkanes) is 1. The average Bonchev–Trinajstić information content (AvgIpc) is 2.54. The Hall–Kier alpha value is -1.61. The van der Waals surface area contributed by atoms with Gasteiger partial charge in [-0.15, -0.1) is 0 Å². The van der Waals surface area contributed by atoms with E-state index in [2.05, 4.69) is 37.0 Å². The lowest BCUT2D eigenvalue weighted by Crippen LogP contribution is -2.29. The molecular formula is C19H26FNO. The first-order valence-electron chi connectivity index (χ1n) is 8.00. The van der Waals surface area contributed by atoms with Crippen LogP contribution in [-0.2, 0) is 11.3 Å². The molecule has 0 bridgehead atoms. The summed E-state index contributed by atoms with van der Waals surface area (Å²) in [6, 6.07) is 6.78. The lowest BCUT2D eigenvalue weighted by molar-refractivity contribution is 0.0493. The fourth-order valence-electron chi connectivity index (χ4n) is 2.55. The molecule has 1 aromatic carbocycles. The van der Waals surface area contributed by atoms with Gasteiger partial charge in [0, 0.05) is 32.3 Å². The molecule has 22 heavy (non-hydrogen) atoms. The van der Waals surface area contributed by atoms with Gasteiger partial charge in [-0.2, -0.15) is 0 Å². The van der Waals surface area contributed by atoms with Gasteiger partial charge in [0.25, 0.3) is 0 Å². The third-order valence-corrected chi connectivity index (χ3v) is 4.22. The van der Waals surface area contributed by atoms with Crippen LogP contribution in [0.25, 0.3) is 0 Å². The van der Waals surface area contributed by atoms with Crippen LogP contribution in [0.3, 0.4) is 0 Å². The number of ether oxygens (including phenoxy) is 1. The third kappa shape index (κ3) is 4.44. The van der Waals surface area contributed by atoms with Crippen LogP contribution in [0.4, 0.5) is 4.39 Å². The minimum absolute atomic E-state index is 0.184. The van der Waals surface area contributed by atoms with Crippen LogP contribution >= 0.6 is 0 Å². The van der Waals surface area contributed by atoms with E-state index in [1.807, 2.05) is 12.1 Å². The Morgan fingerprint density at radius 3 is 2.55 bits per heavy atom. The first-order valence-corrected chi connectivity index (χ1v) is 8.00. The van der Waals surface area contributed by atoms with Crippen molar-refractivity contribution in [2.24, 2.45) is 0 Å². The van der Waals surface area contributed by atoms with Crippen molar-refractivity contribution in [3.05, 3.63) is 59.6 Å². The van der Waals surface area contributed by atoms with Gasteiger partial charge in [-0.3, -0.25) is 0 Å².